The van der Waals surface area contributed by atoms with Gasteiger partial charge >= 0.3 is 0 Å². The van der Waals surface area contributed by atoms with E-state index in [0.717, 1.165) is 16.7 Å². The molecule has 0 N–H and O–H groups in total. The molecule has 0 atom stereocenters. The van der Waals surface area contributed by atoms with E-state index in [9.17, 15) is 0 Å². The molecule has 5 nitrogen and oxygen atoms in total. The molecule has 0 unspecified atom stereocenters. The van der Waals surface area contributed by atoms with E-state index in [1.807, 2.05) is 15.6 Å². The van der Waals surface area contributed by atoms with Gasteiger partial charge in [-0.1, -0.05) is 6.07 Å². The fourth-order valence-corrected chi connectivity index (χ4v) is 2.60. The van der Waals surface area contributed by atoms with Crippen LogP contribution in [0.1, 0.15) is 25.7 Å². The summed E-state index contributed by atoms with van der Waals surface area (Å²) in [6, 6.07) is 6.62. The van der Waals surface area contributed by atoms with Crippen molar-refractivity contribution in [3.63, 3.8) is 0 Å². The lowest BCUT2D eigenvalue weighted by Crippen LogP contribution is -2.12. The molecule has 0 aliphatic carbocycles. The van der Waals surface area contributed by atoms with Crippen LogP contribution in [0.4, 0.5) is 0 Å². The van der Waals surface area contributed by atoms with Crippen LogP contribution in [0.2, 0.25) is 0 Å². The molecule has 98 valence electrons. The molecule has 6 heteroatoms. The van der Waals surface area contributed by atoms with E-state index >= 15 is 0 Å². The third-order valence-corrected chi connectivity index (χ3v) is 3.71. The monoisotopic (exact) mass is 367 g/mol. The molecule has 0 radical (unpaired) electrons. The summed E-state index contributed by atoms with van der Waals surface area (Å²) >= 11 is 2.31. The van der Waals surface area contributed by atoms with E-state index in [4.69, 9.17) is 0 Å². The number of rotatable bonds is 3. The standard InChI is InChI=1S/C13H14IN5/c1-9(2)19-13(15-8-17-19)7-18-12-5-11(14)4-3-10(12)6-16-18/h3-6,8-9H,7H2,1-2H3. The highest BCUT2D eigenvalue weighted by Crippen LogP contribution is 2.18. The Morgan fingerprint density at radius 3 is 2.89 bits per heavy atom. The van der Waals surface area contributed by atoms with Crippen molar-refractivity contribution in [2.75, 3.05) is 0 Å². The minimum absolute atomic E-state index is 0.305. The molecule has 3 aromatic rings. The van der Waals surface area contributed by atoms with Crippen molar-refractivity contribution in [1.29, 1.82) is 0 Å². The van der Waals surface area contributed by atoms with E-state index in [0.29, 0.717) is 12.6 Å². The van der Waals surface area contributed by atoms with Gasteiger partial charge in [0.1, 0.15) is 18.7 Å². The summed E-state index contributed by atoms with van der Waals surface area (Å²) in [7, 11) is 0. The SMILES string of the molecule is CC(C)n1ncnc1Cn1ncc2ccc(I)cc21. The smallest absolute Gasteiger partial charge is 0.148 e. The zero-order chi connectivity index (χ0) is 13.4. The number of hydrogen-bond donors (Lipinski definition) is 0. The van der Waals surface area contributed by atoms with Crippen LogP contribution in [0.5, 0.6) is 0 Å². The second kappa shape index (κ2) is 4.92. The van der Waals surface area contributed by atoms with E-state index in [1.165, 1.54) is 3.57 Å². The van der Waals surface area contributed by atoms with E-state index in [1.54, 1.807) is 6.33 Å². The van der Waals surface area contributed by atoms with Crippen LogP contribution in [0, 0.1) is 3.57 Å². The van der Waals surface area contributed by atoms with E-state index in [-0.39, 0.29) is 0 Å². The van der Waals surface area contributed by atoms with E-state index in [2.05, 4.69) is 69.8 Å². The fraction of sp³-hybridized carbons (Fsp3) is 0.308. The topological polar surface area (TPSA) is 48.5 Å². The first-order valence-corrected chi connectivity index (χ1v) is 7.22. The van der Waals surface area contributed by atoms with Gasteiger partial charge in [0.25, 0.3) is 0 Å². The van der Waals surface area contributed by atoms with Crippen molar-refractivity contribution in [1.82, 2.24) is 24.5 Å². The quantitative estimate of drug-likeness (QED) is 0.669. The Labute approximate surface area is 124 Å². The zero-order valence-corrected chi connectivity index (χ0v) is 12.9. The molecule has 0 aliphatic heterocycles. The first kappa shape index (κ1) is 12.6. The summed E-state index contributed by atoms with van der Waals surface area (Å²) in [5, 5.41) is 9.85. The van der Waals surface area contributed by atoms with Gasteiger partial charge in [-0.2, -0.15) is 10.2 Å². The highest BCUT2D eigenvalue weighted by Gasteiger charge is 2.10. The van der Waals surface area contributed by atoms with Crippen molar-refractivity contribution in [3.8, 4) is 0 Å². The first-order valence-electron chi connectivity index (χ1n) is 6.14. The van der Waals surface area contributed by atoms with Gasteiger partial charge in [-0.3, -0.25) is 4.68 Å². The maximum absolute atomic E-state index is 4.44. The number of fused-ring (bicyclic) bond motifs is 1. The average Bonchev–Trinajstić information content (AvgIpc) is 2.97. The Morgan fingerprint density at radius 1 is 1.26 bits per heavy atom. The Balaban J connectivity index is 2.01. The van der Waals surface area contributed by atoms with Crippen molar-refractivity contribution in [3.05, 3.63) is 40.1 Å². The molecule has 2 heterocycles. The van der Waals surface area contributed by atoms with Crippen LogP contribution in [0.3, 0.4) is 0 Å². The van der Waals surface area contributed by atoms with Crippen molar-refractivity contribution in [2.24, 2.45) is 0 Å². The molecule has 0 saturated heterocycles. The Kier molecular flexibility index (Phi) is 3.26. The second-order valence-electron chi connectivity index (χ2n) is 4.72. The van der Waals surface area contributed by atoms with Crippen LogP contribution in [-0.4, -0.2) is 24.5 Å². The van der Waals surface area contributed by atoms with Crippen molar-refractivity contribution < 1.29 is 0 Å². The fourth-order valence-electron chi connectivity index (χ4n) is 2.12. The Hall–Kier alpha value is -1.44. The average molecular weight is 367 g/mol. The minimum Gasteiger partial charge on any atom is -0.257 e. The summed E-state index contributed by atoms with van der Waals surface area (Å²) in [6.45, 7) is 4.84. The molecule has 0 aliphatic rings. The van der Waals surface area contributed by atoms with Crippen LogP contribution in [0.15, 0.2) is 30.7 Å². The third kappa shape index (κ3) is 2.36. The van der Waals surface area contributed by atoms with Crippen LogP contribution >= 0.6 is 22.6 Å². The maximum Gasteiger partial charge on any atom is 0.148 e. The summed E-state index contributed by atoms with van der Waals surface area (Å²) in [5.41, 5.74) is 1.13. The zero-order valence-electron chi connectivity index (χ0n) is 10.8. The lowest BCUT2D eigenvalue weighted by atomic mass is 10.2. The molecule has 3 rings (SSSR count). The van der Waals surface area contributed by atoms with Gasteiger partial charge in [0, 0.05) is 15.0 Å². The Bertz CT molecular complexity index is 713. The predicted octanol–water partition coefficient (Wildman–Crippen LogP) is 2.86. The highest BCUT2D eigenvalue weighted by molar-refractivity contribution is 14.1. The van der Waals surface area contributed by atoms with Crippen molar-refractivity contribution in [2.45, 2.75) is 26.4 Å². The molecule has 2 aromatic heterocycles. The molecular formula is C13H14IN5. The molecule has 0 spiro atoms. The van der Waals surface area contributed by atoms with Gasteiger partial charge in [-0.15, -0.1) is 0 Å². The molecule has 0 amide bonds. The number of halogens is 1. The van der Waals surface area contributed by atoms with Gasteiger partial charge in [0.2, 0.25) is 0 Å². The highest BCUT2D eigenvalue weighted by atomic mass is 127. The van der Waals surface area contributed by atoms with Gasteiger partial charge in [-0.05, 0) is 48.6 Å². The summed E-state index contributed by atoms with van der Waals surface area (Å²) < 4.78 is 5.11. The summed E-state index contributed by atoms with van der Waals surface area (Å²) in [5.74, 6) is 0.930. The molecule has 19 heavy (non-hydrogen) atoms. The normalized spacial score (nSPS) is 11.6. The lowest BCUT2D eigenvalue weighted by molar-refractivity contribution is 0.491. The minimum atomic E-state index is 0.305. The van der Waals surface area contributed by atoms with Crippen LogP contribution in [0.25, 0.3) is 10.9 Å². The summed E-state index contributed by atoms with van der Waals surface area (Å²) in [4.78, 5) is 4.33. The molecule has 0 fully saturated rings. The second-order valence-corrected chi connectivity index (χ2v) is 5.97. The first-order chi connectivity index (χ1) is 9.15. The molecular weight excluding hydrogens is 353 g/mol. The predicted molar refractivity (Wildman–Crippen MR) is 82.0 cm³/mol. The lowest BCUT2D eigenvalue weighted by Gasteiger charge is -2.09. The Morgan fingerprint density at radius 2 is 2.11 bits per heavy atom. The summed E-state index contributed by atoms with van der Waals surface area (Å²) in [6.07, 6.45) is 3.49. The molecule has 0 bridgehead atoms. The van der Waals surface area contributed by atoms with Crippen molar-refractivity contribution >= 4 is 33.5 Å². The van der Waals surface area contributed by atoms with Crippen LogP contribution in [-0.2, 0) is 6.54 Å². The van der Waals surface area contributed by atoms with Crippen LogP contribution < -0.4 is 0 Å². The number of benzene rings is 1. The number of aromatic nitrogens is 5. The number of hydrogen-bond acceptors (Lipinski definition) is 3. The van der Waals surface area contributed by atoms with Gasteiger partial charge < -0.3 is 0 Å². The number of nitrogens with zero attached hydrogens (tertiary/aromatic N) is 5. The third-order valence-electron chi connectivity index (χ3n) is 3.03. The largest absolute Gasteiger partial charge is 0.257 e. The molecule has 1 aromatic carbocycles. The maximum atomic E-state index is 4.44. The van der Waals surface area contributed by atoms with Gasteiger partial charge in [0.15, 0.2) is 0 Å². The van der Waals surface area contributed by atoms with E-state index < -0.39 is 0 Å². The molecule has 0 saturated carbocycles. The van der Waals surface area contributed by atoms with Gasteiger partial charge in [-0.25, -0.2) is 9.67 Å². The van der Waals surface area contributed by atoms with Gasteiger partial charge in [0.05, 0.1) is 11.7 Å².